The van der Waals surface area contributed by atoms with E-state index in [1.54, 1.807) is 24.5 Å². The number of aromatic nitrogens is 5. The second kappa shape index (κ2) is 9.06. The standard InChI is InChI=1S/C24H26N8O2/c1-32(2)8-7-26-23(33)14-3-4-20-15(9-14)10-17(13-34-20)21-29-19-11-16(12-28-22(19)31-21)18-5-6-27-24(25)30-18/h3-6,9,11-12,17H,7-8,10,13H2,1-2H3,(H,26,33)(H2,25,27,30)(H,28,29,31). The Balaban J connectivity index is 1.35. The van der Waals surface area contributed by atoms with Gasteiger partial charge in [-0.25, -0.2) is 19.9 Å². The van der Waals surface area contributed by atoms with E-state index in [0.717, 1.165) is 34.8 Å². The number of aromatic amines is 1. The molecule has 1 amide bonds. The normalized spacial score (nSPS) is 15.2. The van der Waals surface area contributed by atoms with Crippen LogP contribution < -0.4 is 15.8 Å². The van der Waals surface area contributed by atoms with Gasteiger partial charge >= 0.3 is 0 Å². The van der Waals surface area contributed by atoms with Gasteiger partial charge in [0, 0.05) is 36.6 Å². The molecule has 1 aromatic carbocycles. The van der Waals surface area contributed by atoms with Crippen molar-refractivity contribution < 1.29 is 9.53 Å². The second-order valence-electron chi connectivity index (χ2n) is 8.61. The molecular weight excluding hydrogens is 432 g/mol. The molecule has 3 aromatic heterocycles. The first kappa shape index (κ1) is 21.8. The van der Waals surface area contributed by atoms with Crippen molar-refractivity contribution in [1.29, 1.82) is 0 Å². The number of fused-ring (bicyclic) bond motifs is 2. The van der Waals surface area contributed by atoms with Gasteiger partial charge in [0.05, 0.1) is 18.2 Å². The maximum absolute atomic E-state index is 12.5. The summed E-state index contributed by atoms with van der Waals surface area (Å²) in [7, 11) is 3.95. The SMILES string of the molecule is CN(C)CCNC(=O)c1ccc2c(c1)CC(c1nc3cc(-c4ccnc(N)n4)cnc3[nH]1)CO2. The number of nitrogens with one attached hydrogen (secondary N) is 2. The number of hydrogen-bond donors (Lipinski definition) is 3. The van der Waals surface area contributed by atoms with Gasteiger partial charge in [-0.3, -0.25) is 4.79 Å². The molecule has 0 radical (unpaired) electrons. The fourth-order valence-corrected chi connectivity index (χ4v) is 3.99. The van der Waals surface area contributed by atoms with E-state index in [1.807, 2.05) is 37.2 Å². The largest absolute Gasteiger partial charge is 0.493 e. The maximum Gasteiger partial charge on any atom is 0.251 e. The van der Waals surface area contributed by atoms with Crippen molar-refractivity contribution in [3.05, 3.63) is 59.7 Å². The van der Waals surface area contributed by atoms with Crippen LogP contribution in [0.1, 0.15) is 27.7 Å². The van der Waals surface area contributed by atoms with Crippen LogP contribution in [-0.2, 0) is 6.42 Å². The molecule has 1 aliphatic rings. The van der Waals surface area contributed by atoms with Gasteiger partial charge in [0.25, 0.3) is 5.91 Å². The van der Waals surface area contributed by atoms with Crippen LogP contribution in [0.15, 0.2) is 42.7 Å². The average Bonchev–Trinajstić information content (AvgIpc) is 3.26. The highest BCUT2D eigenvalue weighted by atomic mass is 16.5. The lowest BCUT2D eigenvalue weighted by Crippen LogP contribution is -2.31. The zero-order valence-corrected chi connectivity index (χ0v) is 19.1. The smallest absolute Gasteiger partial charge is 0.251 e. The Kier molecular flexibility index (Phi) is 5.81. The van der Waals surface area contributed by atoms with Crippen LogP contribution in [-0.4, -0.2) is 69.5 Å². The van der Waals surface area contributed by atoms with Gasteiger partial charge in [0.15, 0.2) is 5.65 Å². The third-order valence-electron chi connectivity index (χ3n) is 5.79. The number of likely N-dealkylation sites (N-methyl/N-ethyl adjacent to an activating group) is 1. The average molecular weight is 459 g/mol. The van der Waals surface area contributed by atoms with Gasteiger partial charge in [0.2, 0.25) is 5.95 Å². The van der Waals surface area contributed by atoms with Crippen LogP contribution in [0.3, 0.4) is 0 Å². The van der Waals surface area contributed by atoms with E-state index in [1.165, 1.54) is 0 Å². The third-order valence-corrected chi connectivity index (χ3v) is 5.79. The van der Waals surface area contributed by atoms with Gasteiger partial charge in [-0.1, -0.05) is 0 Å². The number of H-pyrrole nitrogens is 1. The molecule has 174 valence electrons. The number of benzene rings is 1. The highest BCUT2D eigenvalue weighted by Gasteiger charge is 2.25. The van der Waals surface area contributed by atoms with Crippen LogP contribution in [0, 0.1) is 0 Å². The zero-order chi connectivity index (χ0) is 23.7. The molecule has 1 atom stereocenters. The predicted molar refractivity (Wildman–Crippen MR) is 129 cm³/mol. The fourth-order valence-electron chi connectivity index (χ4n) is 3.99. The first-order valence-corrected chi connectivity index (χ1v) is 11.1. The summed E-state index contributed by atoms with van der Waals surface area (Å²) in [5.74, 6) is 1.75. The number of nitrogens with two attached hydrogens (primary N) is 1. The number of carbonyl (C=O) groups excluding carboxylic acids is 1. The molecule has 0 aliphatic carbocycles. The van der Waals surface area contributed by atoms with E-state index < -0.39 is 0 Å². The molecule has 5 rings (SSSR count). The van der Waals surface area contributed by atoms with Crippen LogP contribution in [0.5, 0.6) is 5.75 Å². The molecule has 34 heavy (non-hydrogen) atoms. The fraction of sp³-hybridized carbons (Fsp3) is 0.292. The van der Waals surface area contributed by atoms with Crippen LogP contribution in [0.4, 0.5) is 5.95 Å². The summed E-state index contributed by atoms with van der Waals surface area (Å²) < 4.78 is 5.99. The summed E-state index contributed by atoms with van der Waals surface area (Å²) in [4.78, 5) is 35.4. The van der Waals surface area contributed by atoms with E-state index in [2.05, 4.69) is 25.3 Å². The van der Waals surface area contributed by atoms with Crippen molar-refractivity contribution in [1.82, 2.24) is 35.1 Å². The first-order valence-electron chi connectivity index (χ1n) is 11.1. The number of nitrogen functional groups attached to an aromatic ring is 1. The number of hydrogen-bond acceptors (Lipinski definition) is 8. The minimum absolute atomic E-state index is 0.0203. The van der Waals surface area contributed by atoms with E-state index in [9.17, 15) is 4.79 Å². The minimum Gasteiger partial charge on any atom is -0.493 e. The zero-order valence-electron chi connectivity index (χ0n) is 19.1. The number of amides is 1. The predicted octanol–water partition coefficient (Wildman–Crippen LogP) is 2.01. The number of rotatable bonds is 6. The molecule has 0 fully saturated rings. The monoisotopic (exact) mass is 458 g/mol. The second-order valence-corrected chi connectivity index (χ2v) is 8.61. The molecule has 0 bridgehead atoms. The molecule has 10 nitrogen and oxygen atoms in total. The van der Waals surface area contributed by atoms with Gasteiger partial charge in [-0.05, 0) is 56.4 Å². The minimum atomic E-state index is -0.0856. The molecule has 4 N–H and O–H groups in total. The molecule has 1 aliphatic heterocycles. The molecule has 0 saturated heterocycles. The Morgan fingerprint density at radius 2 is 2.12 bits per heavy atom. The lowest BCUT2D eigenvalue weighted by atomic mass is 9.94. The Morgan fingerprint density at radius 3 is 2.94 bits per heavy atom. The Morgan fingerprint density at radius 1 is 1.24 bits per heavy atom. The van der Waals surface area contributed by atoms with Crippen molar-refractivity contribution in [2.24, 2.45) is 0 Å². The Bertz CT molecular complexity index is 1350. The lowest BCUT2D eigenvalue weighted by molar-refractivity contribution is 0.0950. The van der Waals surface area contributed by atoms with Crippen molar-refractivity contribution in [3.63, 3.8) is 0 Å². The summed E-state index contributed by atoms with van der Waals surface area (Å²) in [6, 6.07) is 9.29. The van der Waals surface area contributed by atoms with Crippen molar-refractivity contribution in [3.8, 4) is 17.0 Å². The number of ether oxygens (including phenoxy) is 1. The van der Waals surface area contributed by atoms with Crippen molar-refractivity contribution in [2.75, 3.05) is 39.5 Å². The highest BCUT2D eigenvalue weighted by molar-refractivity contribution is 5.94. The summed E-state index contributed by atoms with van der Waals surface area (Å²) in [6.07, 6.45) is 4.06. The van der Waals surface area contributed by atoms with E-state index in [4.69, 9.17) is 15.5 Å². The van der Waals surface area contributed by atoms with Crippen LogP contribution in [0.2, 0.25) is 0 Å². The van der Waals surface area contributed by atoms with Crippen molar-refractivity contribution in [2.45, 2.75) is 12.3 Å². The first-order chi connectivity index (χ1) is 16.5. The maximum atomic E-state index is 12.5. The third kappa shape index (κ3) is 4.53. The van der Waals surface area contributed by atoms with Crippen LogP contribution >= 0.6 is 0 Å². The van der Waals surface area contributed by atoms with E-state index in [0.29, 0.717) is 36.5 Å². The number of carbonyl (C=O) groups is 1. The summed E-state index contributed by atoms with van der Waals surface area (Å²) in [5.41, 5.74) is 10.3. The van der Waals surface area contributed by atoms with Crippen LogP contribution in [0.25, 0.3) is 22.4 Å². The lowest BCUT2D eigenvalue weighted by Gasteiger charge is -2.24. The molecule has 0 spiro atoms. The van der Waals surface area contributed by atoms with Gasteiger partial charge in [0.1, 0.15) is 17.1 Å². The molecular formula is C24H26N8O2. The quantitative estimate of drug-likeness (QED) is 0.399. The topological polar surface area (TPSA) is 135 Å². The summed E-state index contributed by atoms with van der Waals surface area (Å²) in [6.45, 7) is 1.88. The van der Waals surface area contributed by atoms with Crippen molar-refractivity contribution >= 4 is 23.0 Å². The molecule has 4 heterocycles. The number of nitrogens with zero attached hydrogens (tertiary/aromatic N) is 5. The molecule has 4 aromatic rings. The van der Waals surface area contributed by atoms with E-state index in [-0.39, 0.29) is 17.8 Å². The summed E-state index contributed by atoms with van der Waals surface area (Å²) in [5, 5.41) is 2.95. The molecule has 1 unspecified atom stereocenters. The molecule has 10 heteroatoms. The number of pyridine rings is 1. The Labute approximate surface area is 196 Å². The van der Waals surface area contributed by atoms with Gasteiger partial charge < -0.3 is 25.7 Å². The summed E-state index contributed by atoms with van der Waals surface area (Å²) >= 11 is 0. The van der Waals surface area contributed by atoms with Gasteiger partial charge in [-0.15, -0.1) is 0 Å². The Hall–Kier alpha value is -4.05. The number of imidazole rings is 1. The highest BCUT2D eigenvalue weighted by Crippen LogP contribution is 2.33. The molecule has 0 saturated carbocycles. The van der Waals surface area contributed by atoms with E-state index >= 15 is 0 Å². The number of anilines is 1. The van der Waals surface area contributed by atoms with Gasteiger partial charge in [-0.2, -0.15) is 0 Å².